The van der Waals surface area contributed by atoms with Crippen LogP contribution in [0.1, 0.15) is 18.5 Å². The standard InChI is InChI=1S/C12H17N5/c1-9(10-6-14-15-7-10)16-11-4-5-12(13-8-11)17(2)3/h4-9,16H,1-3H3,(H,14,15). The molecule has 0 saturated heterocycles. The van der Waals surface area contributed by atoms with Gasteiger partial charge >= 0.3 is 0 Å². The molecule has 0 spiro atoms. The van der Waals surface area contributed by atoms with E-state index in [1.165, 1.54) is 0 Å². The second-order valence-corrected chi connectivity index (χ2v) is 4.20. The van der Waals surface area contributed by atoms with Gasteiger partial charge in [0.2, 0.25) is 0 Å². The first-order valence-corrected chi connectivity index (χ1v) is 5.55. The smallest absolute Gasteiger partial charge is 0.128 e. The average Bonchev–Trinajstić information content (AvgIpc) is 2.83. The highest BCUT2D eigenvalue weighted by Gasteiger charge is 2.06. The van der Waals surface area contributed by atoms with Crippen molar-refractivity contribution in [1.82, 2.24) is 15.2 Å². The first-order valence-electron chi connectivity index (χ1n) is 5.55. The molecule has 2 aromatic rings. The summed E-state index contributed by atoms with van der Waals surface area (Å²) >= 11 is 0. The highest BCUT2D eigenvalue weighted by atomic mass is 15.1. The van der Waals surface area contributed by atoms with Crippen LogP contribution in [0.3, 0.4) is 0 Å². The Kier molecular flexibility index (Phi) is 3.27. The minimum Gasteiger partial charge on any atom is -0.377 e. The number of aromatic nitrogens is 3. The topological polar surface area (TPSA) is 56.8 Å². The Labute approximate surface area is 101 Å². The predicted molar refractivity (Wildman–Crippen MR) is 69.2 cm³/mol. The summed E-state index contributed by atoms with van der Waals surface area (Å²) in [5, 5.41) is 10.1. The van der Waals surface area contributed by atoms with E-state index in [-0.39, 0.29) is 6.04 Å². The zero-order valence-corrected chi connectivity index (χ0v) is 10.3. The monoisotopic (exact) mass is 231 g/mol. The van der Waals surface area contributed by atoms with Gasteiger partial charge in [-0.3, -0.25) is 5.10 Å². The van der Waals surface area contributed by atoms with Gasteiger partial charge in [-0.1, -0.05) is 0 Å². The van der Waals surface area contributed by atoms with Crippen LogP contribution in [0.15, 0.2) is 30.7 Å². The maximum atomic E-state index is 4.35. The van der Waals surface area contributed by atoms with Crippen LogP contribution in [-0.4, -0.2) is 29.3 Å². The Bertz CT molecular complexity index is 446. The molecule has 2 N–H and O–H groups in total. The number of nitrogens with zero attached hydrogens (tertiary/aromatic N) is 3. The van der Waals surface area contributed by atoms with Gasteiger partial charge in [-0.2, -0.15) is 5.10 Å². The summed E-state index contributed by atoms with van der Waals surface area (Å²) < 4.78 is 0. The summed E-state index contributed by atoms with van der Waals surface area (Å²) in [7, 11) is 3.95. The molecule has 0 aliphatic heterocycles. The predicted octanol–water partition coefficient (Wildman–Crippen LogP) is 2.04. The summed E-state index contributed by atoms with van der Waals surface area (Å²) in [6.45, 7) is 2.09. The Balaban J connectivity index is 2.04. The van der Waals surface area contributed by atoms with Crippen molar-refractivity contribution in [3.8, 4) is 0 Å². The van der Waals surface area contributed by atoms with E-state index >= 15 is 0 Å². The fourth-order valence-corrected chi connectivity index (χ4v) is 1.57. The number of hydrogen-bond donors (Lipinski definition) is 2. The third-order valence-electron chi connectivity index (χ3n) is 2.61. The molecule has 0 amide bonds. The van der Waals surface area contributed by atoms with E-state index in [4.69, 9.17) is 0 Å². The average molecular weight is 231 g/mol. The molecule has 0 aliphatic rings. The lowest BCUT2D eigenvalue weighted by atomic mass is 10.2. The molecule has 0 saturated carbocycles. The molecule has 0 bridgehead atoms. The van der Waals surface area contributed by atoms with Gasteiger partial charge in [-0.15, -0.1) is 0 Å². The van der Waals surface area contributed by atoms with Gasteiger partial charge in [0, 0.05) is 25.9 Å². The summed E-state index contributed by atoms with van der Waals surface area (Å²) in [5.74, 6) is 0.950. The molecule has 17 heavy (non-hydrogen) atoms. The number of H-pyrrole nitrogens is 1. The van der Waals surface area contributed by atoms with Crippen molar-refractivity contribution in [3.05, 3.63) is 36.3 Å². The summed E-state index contributed by atoms with van der Waals surface area (Å²) in [6, 6.07) is 4.23. The third-order valence-corrected chi connectivity index (χ3v) is 2.61. The van der Waals surface area contributed by atoms with Gasteiger partial charge in [-0.05, 0) is 19.1 Å². The highest BCUT2D eigenvalue weighted by Crippen LogP contribution is 2.18. The minimum absolute atomic E-state index is 0.209. The molecule has 0 aromatic carbocycles. The third kappa shape index (κ3) is 2.75. The second kappa shape index (κ2) is 4.86. The Morgan fingerprint density at radius 1 is 1.29 bits per heavy atom. The van der Waals surface area contributed by atoms with Crippen molar-refractivity contribution in [2.24, 2.45) is 0 Å². The van der Waals surface area contributed by atoms with E-state index < -0.39 is 0 Å². The molecule has 90 valence electrons. The zero-order valence-electron chi connectivity index (χ0n) is 10.3. The van der Waals surface area contributed by atoms with Crippen LogP contribution in [0.5, 0.6) is 0 Å². The quantitative estimate of drug-likeness (QED) is 0.845. The Morgan fingerprint density at radius 3 is 2.65 bits per heavy atom. The number of nitrogens with one attached hydrogen (secondary N) is 2. The Morgan fingerprint density at radius 2 is 2.12 bits per heavy atom. The van der Waals surface area contributed by atoms with Gasteiger partial charge in [-0.25, -0.2) is 4.98 Å². The van der Waals surface area contributed by atoms with Gasteiger partial charge in [0.1, 0.15) is 5.82 Å². The van der Waals surface area contributed by atoms with Gasteiger partial charge < -0.3 is 10.2 Å². The number of pyridine rings is 1. The summed E-state index contributed by atoms with van der Waals surface area (Å²) in [6.07, 6.45) is 5.55. The molecular weight excluding hydrogens is 214 g/mol. The SMILES string of the molecule is CC(Nc1ccc(N(C)C)nc1)c1cn[nH]c1. The largest absolute Gasteiger partial charge is 0.377 e. The van der Waals surface area contributed by atoms with Crippen LogP contribution in [0.25, 0.3) is 0 Å². The maximum absolute atomic E-state index is 4.35. The molecule has 0 aliphatic carbocycles. The van der Waals surface area contributed by atoms with Crippen LogP contribution in [0, 0.1) is 0 Å². The molecule has 5 heteroatoms. The van der Waals surface area contributed by atoms with Gasteiger partial charge in [0.25, 0.3) is 0 Å². The fraction of sp³-hybridized carbons (Fsp3) is 0.333. The molecule has 0 radical (unpaired) electrons. The lowest BCUT2D eigenvalue weighted by Gasteiger charge is -2.15. The molecule has 1 unspecified atom stereocenters. The summed E-state index contributed by atoms with van der Waals surface area (Å²) in [5.41, 5.74) is 2.13. The van der Waals surface area contributed by atoms with E-state index in [9.17, 15) is 0 Å². The minimum atomic E-state index is 0.209. The number of rotatable bonds is 4. The van der Waals surface area contributed by atoms with Crippen molar-refractivity contribution in [1.29, 1.82) is 0 Å². The fourth-order valence-electron chi connectivity index (χ4n) is 1.57. The van der Waals surface area contributed by atoms with Crippen molar-refractivity contribution < 1.29 is 0 Å². The van der Waals surface area contributed by atoms with Crippen LogP contribution in [-0.2, 0) is 0 Å². The molecule has 0 fully saturated rings. The number of hydrogen-bond acceptors (Lipinski definition) is 4. The van der Waals surface area contributed by atoms with Crippen molar-refractivity contribution >= 4 is 11.5 Å². The lowest BCUT2D eigenvalue weighted by molar-refractivity contribution is 0.883. The van der Waals surface area contributed by atoms with E-state index in [0.717, 1.165) is 17.1 Å². The normalized spacial score (nSPS) is 12.2. The first-order chi connectivity index (χ1) is 8.16. The van der Waals surface area contributed by atoms with E-state index in [1.54, 1.807) is 0 Å². The summed E-state index contributed by atoms with van der Waals surface area (Å²) in [4.78, 5) is 6.33. The van der Waals surface area contributed by atoms with Crippen molar-refractivity contribution in [2.45, 2.75) is 13.0 Å². The molecule has 2 rings (SSSR count). The van der Waals surface area contributed by atoms with Crippen LogP contribution >= 0.6 is 0 Å². The van der Waals surface area contributed by atoms with Crippen LogP contribution in [0.2, 0.25) is 0 Å². The van der Waals surface area contributed by atoms with Crippen molar-refractivity contribution in [3.63, 3.8) is 0 Å². The van der Waals surface area contributed by atoms with E-state index in [0.29, 0.717) is 0 Å². The van der Waals surface area contributed by atoms with Crippen molar-refractivity contribution in [2.75, 3.05) is 24.3 Å². The van der Waals surface area contributed by atoms with Crippen LogP contribution in [0.4, 0.5) is 11.5 Å². The second-order valence-electron chi connectivity index (χ2n) is 4.20. The maximum Gasteiger partial charge on any atom is 0.128 e. The molecule has 5 nitrogen and oxygen atoms in total. The zero-order chi connectivity index (χ0) is 12.3. The van der Waals surface area contributed by atoms with Gasteiger partial charge in [0.15, 0.2) is 0 Å². The number of aromatic amines is 1. The van der Waals surface area contributed by atoms with Crippen LogP contribution < -0.4 is 10.2 Å². The van der Waals surface area contributed by atoms with E-state index in [2.05, 4.69) is 27.4 Å². The molecule has 2 aromatic heterocycles. The van der Waals surface area contributed by atoms with Gasteiger partial charge in [0.05, 0.1) is 24.1 Å². The molecule has 1 atom stereocenters. The highest BCUT2D eigenvalue weighted by molar-refractivity contribution is 5.49. The van der Waals surface area contributed by atoms with E-state index in [1.807, 2.05) is 49.7 Å². The first kappa shape index (κ1) is 11.4. The molecular formula is C12H17N5. The molecule has 2 heterocycles. The lowest BCUT2D eigenvalue weighted by Crippen LogP contribution is -2.11. The number of anilines is 2. The Hall–Kier alpha value is -2.04.